The summed E-state index contributed by atoms with van der Waals surface area (Å²) in [4.78, 5) is -1.91. The lowest BCUT2D eigenvalue weighted by Gasteiger charge is -2.25. The highest BCUT2D eigenvalue weighted by Gasteiger charge is 2.70. The lowest BCUT2D eigenvalue weighted by Crippen LogP contribution is -2.44. The largest absolute Gasteiger partial charge is 0.452 e. The van der Waals surface area contributed by atoms with Gasteiger partial charge in [0.1, 0.15) is 32.8 Å². The predicted molar refractivity (Wildman–Crippen MR) is 138 cm³/mol. The topological polar surface area (TPSA) is 246 Å². The first-order valence-electron chi connectivity index (χ1n) is 12.1. The van der Waals surface area contributed by atoms with Gasteiger partial charge in [-0.15, -0.1) is 4.13 Å². The van der Waals surface area contributed by atoms with Gasteiger partial charge in [0.15, 0.2) is 21.0 Å². The molecule has 1 saturated carbocycles. The van der Waals surface area contributed by atoms with Crippen molar-refractivity contribution in [3.05, 3.63) is 30.0 Å². The molecule has 0 spiro atoms. The second-order valence-corrected chi connectivity index (χ2v) is 22.8. The number of benzene rings is 1. The molecule has 226 valence electrons. The van der Waals surface area contributed by atoms with Gasteiger partial charge in [0.2, 0.25) is 20.0 Å². The lowest BCUT2D eigenvalue weighted by molar-refractivity contribution is 0.112. The third-order valence-electron chi connectivity index (χ3n) is 9.00. The first kappa shape index (κ1) is 26.2. The molecule has 17 nitrogen and oxygen atoms in total. The van der Waals surface area contributed by atoms with Gasteiger partial charge < -0.3 is 9.15 Å². The first-order chi connectivity index (χ1) is 19.3. The van der Waals surface area contributed by atoms with Crippen molar-refractivity contribution in [2.45, 2.75) is 49.4 Å². The summed E-state index contributed by atoms with van der Waals surface area (Å²) < 4.78 is 172. The number of nitrogens with one attached hydrogen (secondary N) is 1. The number of nitrogens with zero attached hydrogens (tertiary/aromatic N) is 2. The predicted octanol–water partition coefficient (Wildman–Crippen LogP) is -2.35. The zero-order valence-electron chi connectivity index (χ0n) is 20.2. The van der Waals surface area contributed by atoms with E-state index in [9.17, 15) is 50.5 Å². The van der Waals surface area contributed by atoms with E-state index >= 15 is 0 Å². The van der Waals surface area contributed by atoms with Crippen LogP contribution in [0.1, 0.15) is 6.42 Å². The van der Waals surface area contributed by atoms with Gasteiger partial charge in [0, 0.05) is 6.07 Å². The van der Waals surface area contributed by atoms with Gasteiger partial charge in [-0.25, -0.2) is 33.7 Å². The van der Waals surface area contributed by atoms with E-state index in [4.69, 9.17) is 9.15 Å². The number of ether oxygens (including phenoxy) is 1. The van der Waals surface area contributed by atoms with Gasteiger partial charge in [0.25, 0.3) is 40.1 Å². The number of hydrogen-bond acceptors (Lipinski definition) is 14. The van der Waals surface area contributed by atoms with Crippen LogP contribution in [-0.2, 0) is 64.9 Å². The molecule has 5 aliphatic heterocycles. The van der Waals surface area contributed by atoms with Crippen molar-refractivity contribution in [1.82, 2.24) is 7.84 Å². The second kappa shape index (κ2) is 6.84. The van der Waals surface area contributed by atoms with E-state index in [0.29, 0.717) is 6.42 Å². The molecule has 4 fully saturated rings. The molecule has 2 aromatic heterocycles. The highest BCUT2D eigenvalue weighted by molar-refractivity contribution is 8.14. The molecule has 2 aromatic rings. The molecular formula is C19H15N3O14S6. The van der Waals surface area contributed by atoms with E-state index in [1.165, 1.54) is 4.13 Å². The summed E-state index contributed by atoms with van der Waals surface area (Å²) >= 11 is 0. The second-order valence-electron chi connectivity index (χ2n) is 11.1. The number of furan rings is 2. The van der Waals surface area contributed by atoms with E-state index in [2.05, 4.69) is 0 Å². The van der Waals surface area contributed by atoms with Gasteiger partial charge in [-0.1, -0.05) is 12.2 Å². The van der Waals surface area contributed by atoms with Crippen LogP contribution in [0.4, 0.5) is 5.69 Å². The van der Waals surface area contributed by atoms with Crippen molar-refractivity contribution in [3.63, 3.8) is 0 Å². The maximum atomic E-state index is 13.9. The van der Waals surface area contributed by atoms with Crippen LogP contribution in [0.3, 0.4) is 0 Å². The third kappa shape index (κ3) is 2.57. The Morgan fingerprint density at radius 2 is 1.29 bits per heavy atom. The SMILES string of the molecule is O=S1(=O)NS(=O)(=O)C2C3OC(C=C3N3S(=O)(=O)c4c(c5oc4cc5N4S(=O)(=O)C5C6C=CC(C6)C5S4(=O)=O)S3(=O)=O)C21. The number of hydrogen-bond donors (Lipinski definition) is 1. The molecule has 8 atom stereocenters. The smallest absolute Gasteiger partial charge is 0.282 e. The van der Waals surface area contributed by atoms with Gasteiger partial charge >= 0.3 is 0 Å². The third-order valence-corrected chi connectivity index (χ3v) is 23.4. The highest BCUT2D eigenvalue weighted by Crippen LogP contribution is 2.58. The first-order valence-corrected chi connectivity index (χ1v) is 21.1. The Labute approximate surface area is 238 Å². The molecule has 3 saturated heterocycles. The molecule has 0 aromatic carbocycles. The minimum Gasteiger partial charge on any atom is -0.452 e. The van der Waals surface area contributed by atoms with Gasteiger partial charge in [-0.2, -0.15) is 24.3 Å². The van der Waals surface area contributed by atoms with Crippen LogP contribution in [0.5, 0.6) is 0 Å². The monoisotopic (exact) mass is 701 g/mol. The van der Waals surface area contributed by atoms with Crippen molar-refractivity contribution < 1.29 is 59.7 Å². The fourth-order valence-electron chi connectivity index (χ4n) is 7.66. The Kier molecular flexibility index (Phi) is 4.26. The van der Waals surface area contributed by atoms with Crippen LogP contribution in [0, 0.1) is 11.8 Å². The molecule has 8 unspecified atom stereocenters. The van der Waals surface area contributed by atoms with Crippen LogP contribution >= 0.6 is 0 Å². The van der Waals surface area contributed by atoms with E-state index in [-0.39, 0.29) is 7.42 Å². The van der Waals surface area contributed by atoms with Crippen LogP contribution in [0.15, 0.2) is 44.2 Å². The van der Waals surface area contributed by atoms with Crippen LogP contribution in [-0.4, -0.2) is 87.4 Å². The molecule has 0 radical (unpaired) electrons. The summed E-state index contributed by atoms with van der Waals surface area (Å²) in [5.74, 6) is -1.13. The summed E-state index contributed by atoms with van der Waals surface area (Å²) in [5.41, 5.74) is -2.80. The quantitative estimate of drug-likeness (QED) is 0.322. The Hall–Kier alpha value is -2.28. The fourth-order valence-corrected chi connectivity index (χ4v) is 23.7. The zero-order valence-corrected chi connectivity index (χ0v) is 25.1. The zero-order chi connectivity index (χ0) is 29.9. The standard InChI is InChI=1S/C19H15N3O14S6/c23-37(24)16-10-4-8(12(35-10)18(16)38(25,26)20-37)22-41(31,32)17-11-5-9(13(36-11)19(17)42(22,33)34)21-39(27,28)14-6-1-2-7(3-6)15(14)40(21,29)30/h1-2,4-7,10,12,14-16,18,20H,3H2. The van der Waals surface area contributed by atoms with E-state index in [1.54, 1.807) is 12.2 Å². The fraction of sp³-hybridized carbons (Fsp3) is 0.474. The summed E-state index contributed by atoms with van der Waals surface area (Å²) in [6.07, 6.45) is 1.19. The molecule has 2 aliphatic carbocycles. The molecule has 0 amide bonds. The number of fused-ring (bicyclic) bond motifs is 15. The summed E-state index contributed by atoms with van der Waals surface area (Å²) in [7, 11) is -28.5. The van der Waals surface area contributed by atoms with Crippen LogP contribution in [0.25, 0.3) is 11.2 Å². The normalized spacial score (nSPS) is 42.8. The molecule has 42 heavy (non-hydrogen) atoms. The van der Waals surface area contributed by atoms with Gasteiger partial charge in [-0.05, 0) is 24.3 Å². The summed E-state index contributed by atoms with van der Waals surface area (Å²) in [5, 5.41) is -6.10. The Balaban J connectivity index is 1.20. The van der Waals surface area contributed by atoms with Gasteiger partial charge in [-0.3, -0.25) is 0 Å². The maximum Gasteiger partial charge on any atom is 0.282 e. The minimum atomic E-state index is -5.21. The molecule has 23 heteroatoms. The van der Waals surface area contributed by atoms with E-state index in [1.807, 2.05) is 0 Å². The van der Waals surface area contributed by atoms with Crippen LogP contribution < -0.4 is 7.84 Å². The van der Waals surface area contributed by atoms with E-state index < -0.39 is 138 Å². The Morgan fingerprint density at radius 1 is 0.714 bits per heavy atom. The number of allylic oxidation sites excluding steroid dienone is 2. The van der Waals surface area contributed by atoms with Crippen molar-refractivity contribution in [2.75, 3.05) is 3.71 Å². The minimum absolute atomic E-state index is 0.0861. The molecular weight excluding hydrogens is 687 g/mol. The van der Waals surface area contributed by atoms with Crippen molar-refractivity contribution in [3.8, 4) is 0 Å². The number of anilines is 1. The summed E-state index contributed by atoms with van der Waals surface area (Å²) in [6.45, 7) is 0. The molecule has 6 bridgehead atoms. The van der Waals surface area contributed by atoms with Gasteiger partial charge in [0.05, 0.1) is 11.8 Å². The van der Waals surface area contributed by atoms with Crippen molar-refractivity contribution >= 4 is 77.0 Å². The number of sulfonamides is 6. The average molecular weight is 702 g/mol. The molecule has 7 heterocycles. The van der Waals surface area contributed by atoms with E-state index in [0.717, 1.165) is 12.1 Å². The van der Waals surface area contributed by atoms with Crippen molar-refractivity contribution in [1.29, 1.82) is 0 Å². The Bertz CT molecular complexity index is 2400. The number of rotatable bonds is 2. The maximum absolute atomic E-state index is 13.9. The molecule has 9 rings (SSSR count). The molecule has 7 aliphatic rings. The van der Waals surface area contributed by atoms with Crippen molar-refractivity contribution in [2.24, 2.45) is 11.8 Å². The Morgan fingerprint density at radius 3 is 1.90 bits per heavy atom. The average Bonchev–Trinajstić information content (AvgIpc) is 3.67. The lowest BCUT2D eigenvalue weighted by atomic mass is 10.0. The molecule has 1 N–H and O–H groups in total. The van der Waals surface area contributed by atoms with Crippen LogP contribution in [0.2, 0.25) is 0 Å². The highest BCUT2D eigenvalue weighted by atomic mass is 32.3. The summed E-state index contributed by atoms with van der Waals surface area (Å²) in [6, 6.07) is 0.829.